The largest absolute Gasteiger partial charge is 0.479 e. The van der Waals surface area contributed by atoms with Crippen LogP contribution in [0.15, 0.2) is 0 Å². The standard InChI is InChI=1S/C24H40N2O27S2/c27-1-3-7(29)8(30)5(25-54(41,42)43)22(47-3)52-16-11(33)13(35)24(53-18(16)20(38)39)50-14-4(2-28)48-23(6(9(14)31)26-55(44,45)46)51-15-10(32)12(34)21(40)49-17(15)19(36)37/h3-18,21-35,40H,1-2H2,(H,36,37)(H,38,39)(H,41,42,43)(H,44,45,46)/t3-,4-,5-,6-,7-,8-,9-,10-,11-,12-,13-,14-,15+,16+,17+,18+,21-,22-,23-,24-/m1/s1. The maximum absolute atomic E-state index is 12.3. The molecular weight excluding hydrogens is 812 g/mol. The van der Waals surface area contributed by atoms with Crippen molar-refractivity contribution in [3.05, 3.63) is 0 Å². The van der Waals surface area contributed by atoms with Gasteiger partial charge in [0, 0.05) is 0 Å². The molecule has 4 rings (SSSR count). The Morgan fingerprint density at radius 2 is 0.927 bits per heavy atom. The summed E-state index contributed by atoms with van der Waals surface area (Å²) in [6.45, 7) is -2.27. The van der Waals surface area contributed by atoms with Gasteiger partial charge < -0.3 is 94.4 Å². The van der Waals surface area contributed by atoms with Crippen molar-refractivity contribution in [3.8, 4) is 0 Å². The van der Waals surface area contributed by atoms with Gasteiger partial charge in [-0.3, -0.25) is 9.11 Å². The third-order valence-electron chi connectivity index (χ3n) is 8.77. The summed E-state index contributed by atoms with van der Waals surface area (Å²) in [6.07, 6.45) is -40.6. The lowest BCUT2D eigenvalue weighted by atomic mass is 9.94. The Bertz CT molecular complexity index is 1560. The van der Waals surface area contributed by atoms with E-state index in [0.29, 0.717) is 0 Å². The van der Waals surface area contributed by atoms with E-state index in [0.717, 1.165) is 0 Å². The molecule has 16 N–H and O–H groups in total. The van der Waals surface area contributed by atoms with Crippen molar-refractivity contribution in [3.63, 3.8) is 0 Å². The number of aliphatic hydroxyl groups is 10. The lowest BCUT2D eigenvalue weighted by Gasteiger charge is -2.49. The Hall–Kier alpha value is -2.00. The molecule has 4 saturated heterocycles. The van der Waals surface area contributed by atoms with E-state index < -0.39 is 168 Å². The van der Waals surface area contributed by atoms with E-state index in [9.17, 15) is 96.8 Å². The van der Waals surface area contributed by atoms with Gasteiger partial charge in [0.15, 0.2) is 37.4 Å². The topological polar surface area (TPSA) is 474 Å². The minimum absolute atomic E-state index is 1.04. The zero-order valence-corrected chi connectivity index (χ0v) is 29.0. The average molecular weight is 853 g/mol. The van der Waals surface area contributed by atoms with Gasteiger partial charge in [-0.05, 0) is 0 Å². The number of aliphatic hydroxyl groups excluding tert-OH is 10. The molecule has 0 aliphatic carbocycles. The molecule has 29 nitrogen and oxygen atoms in total. The van der Waals surface area contributed by atoms with Crippen LogP contribution in [0.1, 0.15) is 0 Å². The number of carboxylic acids is 2. The Morgan fingerprint density at radius 1 is 0.509 bits per heavy atom. The van der Waals surface area contributed by atoms with Gasteiger partial charge in [0.2, 0.25) is 0 Å². The maximum atomic E-state index is 12.3. The van der Waals surface area contributed by atoms with Crippen molar-refractivity contribution in [2.75, 3.05) is 13.2 Å². The summed E-state index contributed by atoms with van der Waals surface area (Å²) in [6, 6.07) is -4.49. The zero-order chi connectivity index (χ0) is 41.5. The Kier molecular flexibility index (Phi) is 14.8. The second kappa shape index (κ2) is 17.9. The zero-order valence-electron chi connectivity index (χ0n) is 27.3. The number of hydrogen-bond acceptors (Lipinski definition) is 23. The van der Waals surface area contributed by atoms with Crippen molar-refractivity contribution in [2.45, 2.75) is 123 Å². The highest BCUT2D eigenvalue weighted by molar-refractivity contribution is 7.84. The van der Waals surface area contributed by atoms with Gasteiger partial charge in [0.1, 0.15) is 85.3 Å². The van der Waals surface area contributed by atoms with Crippen LogP contribution in [0.2, 0.25) is 0 Å². The van der Waals surface area contributed by atoms with Crippen LogP contribution < -0.4 is 9.44 Å². The van der Waals surface area contributed by atoms with Gasteiger partial charge in [-0.1, -0.05) is 0 Å². The number of aliphatic carboxylic acids is 2. The molecule has 0 unspecified atom stereocenters. The third kappa shape index (κ3) is 10.4. The molecule has 0 radical (unpaired) electrons. The number of hydrogen-bond donors (Lipinski definition) is 16. The highest BCUT2D eigenvalue weighted by Gasteiger charge is 2.57. The van der Waals surface area contributed by atoms with Crippen molar-refractivity contribution in [2.24, 2.45) is 0 Å². The summed E-state index contributed by atoms with van der Waals surface area (Å²) in [5.41, 5.74) is 0. The summed E-state index contributed by atoms with van der Waals surface area (Å²) in [5, 5.41) is 123. The van der Waals surface area contributed by atoms with Crippen LogP contribution in [0, 0.1) is 0 Å². The van der Waals surface area contributed by atoms with E-state index in [1.54, 1.807) is 0 Å². The predicted molar refractivity (Wildman–Crippen MR) is 160 cm³/mol. The Morgan fingerprint density at radius 3 is 1.38 bits per heavy atom. The van der Waals surface area contributed by atoms with Crippen LogP contribution in [0.25, 0.3) is 0 Å². The lowest BCUT2D eigenvalue weighted by molar-refractivity contribution is -0.370. The van der Waals surface area contributed by atoms with Gasteiger partial charge in [0.25, 0.3) is 0 Å². The highest BCUT2D eigenvalue weighted by Crippen LogP contribution is 2.34. The molecule has 4 fully saturated rings. The number of carboxylic acid groups (broad SMARTS) is 2. The number of rotatable bonds is 14. The molecule has 55 heavy (non-hydrogen) atoms. The van der Waals surface area contributed by atoms with Gasteiger partial charge in [0.05, 0.1) is 13.2 Å². The molecule has 0 aromatic heterocycles. The van der Waals surface area contributed by atoms with E-state index in [1.807, 2.05) is 0 Å². The van der Waals surface area contributed by atoms with Crippen LogP contribution in [-0.2, 0) is 63.4 Å². The van der Waals surface area contributed by atoms with E-state index in [2.05, 4.69) is 0 Å². The molecule has 20 atom stereocenters. The van der Waals surface area contributed by atoms with E-state index in [-0.39, 0.29) is 0 Å². The summed E-state index contributed by atoms with van der Waals surface area (Å²) < 4.78 is 105. The van der Waals surface area contributed by atoms with Crippen LogP contribution >= 0.6 is 0 Å². The molecule has 0 aromatic rings. The molecule has 0 bridgehead atoms. The first-order valence-electron chi connectivity index (χ1n) is 15.6. The minimum Gasteiger partial charge on any atom is -0.479 e. The van der Waals surface area contributed by atoms with Crippen molar-refractivity contribution < 1.29 is 130 Å². The Labute approximate surface area is 307 Å². The molecule has 0 saturated carbocycles. The molecule has 4 aliphatic heterocycles. The molecule has 0 amide bonds. The molecule has 31 heteroatoms. The van der Waals surface area contributed by atoms with Crippen LogP contribution in [-0.4, -0.2) is 235 Å². The summed E-state index contributed by atoms with van der Waals surface area (Å²) in [4.78, 5) is 24.1. The quantitative estimate of drug-likeness (QED) is 0.0721. The van der Waals surface area contributed by atoms with E-state index >= 15 is 0 Å². The van der Waals surface area contributed by atoms with Gasteiger partial charge in [-0.25, -0.2) is 9.59 Å². The molecular formula is C24H40N2O27S2. The van der Waals surface area contributed by atoms with Gasteiger partial charge >= 0.3 is 32.5 Å². The number of carbonyl (C=O) groups is 2. The summed E-state index contributed by atoms with van der Waals surface area (Å²) >= 11 is 0. The smallest absolute Gasteiger partial charge is 0.335 e. The van der Waals surface area contributed by atoms with Crippen LogP contribution in [0.5, 0.6) is 0 Å². The lowest BCUT2D eigenvalue weighted by Crippen LogP contribution is -2.70. The van der Waals surface area contributed by atoms with Gasteiger partial charge in [-0.2, -0.15) is 26.3 Å². The third-order valence-corrected chi connectivity index (χ3v) is 9.91. The molecule has 0 aromatic carbocycles. The van der Waals surface area contributed by atoms with Crippen molar-refractivity contribution in [1.29, 1.82) is 0 Å². The normalized spacial score (nSPS) is 45.9. The molecule has 4 heterocycles. The fraction of sp³-hybridized carbons (Fsp3) is 0.917. The van der Waals surface area contributed by atoms with E-state index in [4.69, 9.17) is 33.2 Å². The second-order valence-electron chi connectivity index (χ2n) is 12.5. The fourth-order valence-corrected chi connectivity index (χ4v) is 7.30. The van der Waals surface area contributed by atoms with Gasteiger partial charge in [-0.15, -0.1) is 0 Å². The second-order valence-corrected chi connectivity index (χ2v) is 14.8. The molecule has 320 valence electrons. The number of ether oxygens (including phenoxy) is 7. The predicted octanol–water partition coefficient (Wildman–Crippen LogP) is -10.8. The maximum Gasteiger partial charge on any atom is 0.335 e. The molecule has 4 aliphatic rings. The summed E-state index contributed by atoms with van der Waals surface area (Å²) in [5.74, 6) is -3.91. The van der Waals surface area contributed by atoms with Crippen molar-refractivity contribution in [1.82, 2.24) is 9.44 Å². The average Bonchev–Trinajstić information content (AvgIpc) is 3.08. The Balaban J connectivity index is 1.60. The minimum atomic E-state index is -5.39. The van der Waals surface area contributed by atoms with Crippen molar-refractivity contribution >= 4 is 32.5 Å². The highest BCUT2D eigenvalue weighted by atomic mass is 32.2. The first-order chi connectivity index (χ1) is 25.4. The van der Waals surface area contributed by atoms with Crippen LogP contribution in [0.4, 0.5) is 0 Å². The first kappa shape index (κ1) is 45.7. The SMILES string of the molecule is O=C(O)[C@H]1O[C@@H](O)[C@H](O)[C@@H](O)[C@@H]1O[C@H]1O[C@H](CO)[C@@H](O[C@@H]2O[C@H](C(=O)O)[C@@H](O[C@H]3O[C@H](CO)[C@@H](O)[C@H](O)[C@H]3NS(=O)(=O)O)[C@H](O)[C@H]2O)[C@H](O)[C@H]1NS(=O)(=O)O. The van der Waals surface area contributed by atoms with E-state index in [1.165, 1.54) is 9.44 Å². The number of nitrogens with one attached hydrogen (secondary N) is 2. The first-order valence-corrected chi connectivity index (χ1v) is 18.5. The van der Waals surface area contributed by atoms with Crippen LogP contribution in [0.3, 0.4) is 0 Å². The summed E-state index contributed by atoms with van der Waals surface area (Å²) in [7, 11) is -10.6. The monoisotopic (exact) mass is 852 g/mol. The fourth-order valence-electron chi connectivity index (χ4n) is 6.11. The molecule has 0 spiro atoms.